The zero-order valence-corrected chi connectivity index (χ0v) is 10.8. The number of carbonyl (C=O) groups is 1. The van der Waals surface area contributed by atoms with Gasteiger partial charge in [0.05, 0.1) is 19.0 Å². The molecule has 0 spiro atoms. The van der Waals surface area contributed by atoms with Gasteiger partial charge in [0, 0.05) is 6.54 Å². The summed E-state index contributed by atoms with van der Waals surface area (Å²) in [5.74, 6) is -0.836. The summed E-state index contributed by atoms with van der Waals surface area (Å²) in [5, 5.41) is 8.74. The first-order chi connectivity index (χ1) is 8.03. The van der Waals surface area contributed by atoms with Crippen LogP contribution in [0.15, 0.2) is 0 Å². The number of piperidine rings is 1. The van der Waals surface area contributed by atoms with Crippen LogP contribution in [0, 0.1) is 0 Å². The second kappa shape index (κ2) is 6.32. The van der Waals surface area contributed by atoms with Crippen LogP contribution in [0.1, 0.15) is 26.2 Å². The van der Waals surface area contributed by atoms with E-state index in [1.807, 2.05) is 0 Å². The molecule has 0 aliphatic carbocycles. The highest BCUT2D eigenvalue weighted by atomic mass is 32.2. The second-order valence-corrected chi connectivity index (χ2v) is 5.96. The average Bonchev–Trinajstić information content (AvgIpc) is 2.29. The van der Waals surface area contributed by atoms with Crippen LogP contribution in [0.25, 0.3) is 0 Å². The van der Waals surface area contributed by atoms with Crippen molar-refractivity contribution in [2.24, 2.45) is 0 Å². The van der Waals surface area contributed by atoms with E-state index in [4.69, 9.17) is 9.84 Å². The molecule has 1 unspecified atom stereocenters. The average molecular weight is 265 g/mol. The van der Waals surface area contributed by atoms with Gasteiger partial charge in [0.2, 0.25) is 10.0 Å². The maximum Gasteiger partial charge on any atom is 0.324 e. The minimum absolute atomic E-state index is 0.239. The molecule has 100 valence electrons. The largest absolute Gasteiger partial charge is 0.465 e. The molecule has 1 heterocycles. The molecule has 1 atom stereocenters. The van der Waals surface area contributed by atoms with Crippen molar-refractivity contribution in [3.8, 4) is 0 Å². The van der Waals surface area contributed by atoms with E-state index in [0.29, 0.717) is 13.0 Å². The van der Waals surface area contributed by atoms with Crippen LogP contribution in [0.3, 0.4) is 0 Å². The SMILES string of the molecule is CCOC(=O)C1CCCCN1S(=O)(=O)CCO. The number of hydrogen-bond donors (Lipinski definition) is 1. The van der Waals surface area contributed by atoms with Crippen molar-refractivity contribution < 1.29 is 23.1 Å². The van der Waals surface area contributed by atoms with Gasteiger partial charge in [-0.05, 0) is 26.2 Å². The van der Waals surface area contributed by atoms with Crippen LogP contribution in [0.4, 0.5) is 0 Å². The fraction of sp³-hybridized carbons (Fsp3) is 0.900. The molecule has 0 radical (unpaired) electrons. The molecule has 0 aromatic rings. The third kappa shape index (κ3) is 3.65. The standard InChI is InChI=1S/C10H19NO5S/c1-2-16-10(13)9-5-3-4-6-11(9)17(14,15)8-7-12/h9,12H,2-8H2,1H3. The number of hydrogen-bond acceptors (Lipinski definition) is 5. The molecular weight excluding hydrogens is 246 g/mol. The molecule has 0 saturated carbocycles. The van der Waals surface area contributed by atoms with Crippen molar-refractivity contribution in [2.75, 3.05) is 25.5 Å². The molecule has 1 saturated heterocycles. The number of rotatable bonds is 5. The van der Waals surface area contributed by atoms with Crippen LogP contribution in [-0.4, -0.2) is 55.4 Å². The Morgan fingerprint density at radius 2 is 2.18 bits per heavy atom. The Hall–Kier alpha value is -0.660. The lowest BCUT2D eigenvalue weighted by Crippen LogP contribution is -2.49. The molecule has 0 bridgehead atoms. The zero-order chi connectivity index (χ0) is 12.9. The molecule has 7 heteroatoms. The van der Waals surface area contributed by atoms with E-state index in [2.05, 4.69) is 0 Å². The van der Waals surface area contributed by atoms with Gasteiger partial charge in [0.25, 0.3) is 0 Å². The van der Waals surface area contributed by atoms with E-state index in [1.54, 1.807) is 6.92 Å². The monoisotopic (exact) mass is 265 g/mol. The van der Waals surface area contributed by atoms with Gasteiger partial charge >= 0.3 is 5.97 Å². The van der Waals surface area contributed by atoms with Gasteiger partial charge in [-0.15, -0.1) is 0 Å². The van der Waals surface area contributed by atoms with E-state index in [0.717, 1.165) is 12.8 Å². The Balaban J connectivity index is 2.82. The highest BCUT2D eigenvalue weighted by molar-refractivity contribution is 7.89. The van der Waals surface area contributed by atoms with Gasteiger partial charge in [0.1, 0.15) is 6.04 Å². The first kappa shape index (κ1) is 14.4. The first-order valence-electron chi connectivity index (χ1n) is 5.80. The molecule has 1 fully saturated rings. The second-order valence-electron chi connectivity index (χ2n) is 3.91. The van der Waals surface area contributed by atoms with Gasteiger partial charge in [-0.1, -0.05) is 0 Å². The lowest BCUT2D eigenvalue weighted by atomic mass is 10.1. The Morgan fingerprint density at radius 1 is 1.47 bits per heavy atom. The van der Waals surface area contributed by atoms with Gasteiger partial charge in [-0.25, -0.2) is 8.42 Å². The summed E-state index contributed by atoms with van der Waals surface area (Å²) in [6.45, 7) is 1.82. The van der Waals surface area contributed by atoms with Crippen molar-refractivity contribution >= 4 is 16.0 Å². The van der Waals surface area contributed by atoms with Crippen LogP contribution in [0.5, 0.6) is 0 Å². The first-order valence-corrected chi connectivity index (χ1v) is 7.41. The van der Waals surface area contributed by atoms with Crippen molar-refractivity contribution in [1.29, 1.82) is 0 Å². The third-order valence-corrected chi connectivity index (χ3v) is 4.57. The molecule has 1 aliphatic rings. The van der Waals surface area contributed by atoms with Crippen LogP contribution in [-0.2, 0) is 19.6 Å². The predicted molar refractivity (Wildman–Crippen MR) is 61.9 cm³/mol. The molecule has 1 rings (SSSR count). The van der Waals surface area contributed by atoms with Crippen molar-refractivity contribution in [2.45, 2.75) is 32.2 Å². The third-order valence-electron chi connectivity index (χ3n) is 2.72. The summed E-state index contributed by atoms with van der Waals surface area (Å²) in [6, 6.07) is -0.722. The Morgan fingerprint density at radius 3 is 2.76 bits per heavy atom. The van der Waals surface area contributed by atoms with Gasteiger partial charge in [-0.3, -0.25) is 4.79 Å². The van der Waals surface area contributed by atoms with Crippen LogP contribution >= 0.6 is 0 Å². The summed E-state index contributed by atoms with van der Waals surface area (Å²) >= 11 is 0. The number of esters is 1. The minimum atomic E-state index is -3.56. The molecule has 1 N–H and O–H groups in total. The minimum Gasteiger partial charge on any atom is -0.465 e. The zero-order valence-electron chi connectivity index (χ0n) is 9.96. The summed E-state index contributed by atoms with van der Waals surface area (Å²) in [4.78, 5) is 11.7. The van der Waals surface area contributed by atoms with Gasteiger partial charge in [0.15, 0.2) is 0 Å². The van der Waals surface area contributed by atoms with E-state index in [-0.39, 0.29) is 12.4 Å². The molecule has 0 amide bonds. The number of sulfonamides is 1. The number of aliphatic hydroxyl groups excluding tert-OH is 1. The van der Waals surface area contributed by atoms with Crippen molar-refractivity contribution in [3.63, 3.8) is 0 Å². The fourth-order valence-corrected chi connectivity index (χ4v) is 3.40. The molecular formula is C10H19NO5S. The van der Waals surface area contributed by atoms with Crippen LogP contribution in [0.2, 0.25) is 0 Å². The summed E-state index contributed by atoms with van der Waals surface area (Å²) in [6.07, 6.45) is 2.04. The topological polar surface area (TPSA) is 83.9 Å². The smallest absolute Gasteiger partial charge is 0.324 e. The van der Waals surface area contributed by atoms with E-state index in [1.165, 1.54) is 4.31 Å². The molecule has 0 aromatic carbocycles. The summed E-state index contributed by atoms with van der Waals surface area (Å²) < 4.78 is 29.8. The maximum absolute atomic E-state index is 11.9. The van der Waals surface area contributed by atoms with Crippen LogP contribution < -0.4 is 0 Å². The number of aliphatic hydroxyl groups is 1. The van der Waals surface area contributed by atoms with Gasteiger partial charge < -0.3 is 9.84 Å². The Bertz CT molecular complexity index is 354. The fourth-order valence-electron chi connectivity index (χ4n) is 1.94. The van der Waals surface area contributed by atoms with Crippen molar-refractivity contribution in [1.82, 2.24) is 4.31 Å². The predicted octanol–water partition coefficient (Wildman–Crippen LogP) is -0.274. The highest BCUT2D eigenvalue weighted by Crippen LogP contribution is 2.21. The lowest BCUT2D eigenvalue weighted by Gasteiger charge is -2.32. The molecule has 6 nitrogen and oxygen atoms in total. The maximum atomic E-state index is 11.9. The van der Waals surface area contributed by atoms with E-state index < -0.39 is 28.6 Å². The molecule has 1 aliphatic heterocycles. The Kier molecular flexibility index (Phi) is 5.35. The quantitative estimate of drug-likeness (QED) is 0.692. The highest BCUT2D eigenvalue weighted by Gasteiger charge is 2.37. The lowest BCUT2D eigenvalue weighted by molar-refractivity contribution is -0.148. The summed E-state index contributed by atoms with van der Waals surface area (Å²) in [7, 11) is -3.56. The Labute approximate surface area is 102 Å². The van der Waals surface area contributed by atoms with Crippen molar-refractivity contribution in [3.05, 3.63) is 0 Å². The number of nitrogens with zero attached hydrogens (tertiary/aromatic N) is 1. The van der Waals surface area contributed by atoms with E-state index in [9.17, 15) is 13.2 Å². The molecule has 0 aromatic heterocycles. The summed E-state index contributed by atoms with van der Waals surface area (Å²) in [5.41, 5.74) is 0. The van der Waals surface area contributed by atoms with Gasteiger partial charge in [-0.2, -0.15) is 4.31 Å². The molecule has 17 heavy (non-hydrogen) atoms. The number of carbonyl (C=O) groups excluding carboxylic acids is 1. The van der Waals surface area contributed by atoms with E-state index >= 15 is 0 Å². The normalized spacial score (nSPS) is 22.4. The number of ether oxygens (including phenoxy) is 1.